The number of halogens is 1. The zero-order chi connectivity index (χ0) is 22.2. The molecular formula is C22H22BrN5O3. The average molecular weight is 484 g/mol. The van der Waals surface area contributed by atoms with Gasteiger partial charge in [0.2, 0.25) is 5.66 Å². The van der Waals surface area contributed by atoms with E-state index in [0.717, 1.165) is 10.0 Å². The molecule has 2 aromatic carbocycles. The van der Waals surface area contributed by atoms with Gasteiger partial charge >= 0.3 is 6.09 Å². The number of carbonyl (C=O) groups is 2. The van der Waals surface area contributed by atoms with E-state index < -0.39 is 17.4 Å². The lowest BCUT2D eigenvalue weighted by molar-refractivity contribution is -0.126. The number of aromatic nitrogens is 3. The third kappa shape index (κ3) is 3.93. The van der Waals surface area contributed by atoms with E-state index in [1.165, 1.54) is 17.3 Å². The summed E-state index contributed by atoms with van der Waals surface area (Å²) in [5, 5.41) is 7.00. The Hall–Kier alpha value is -3.20. The first-order valence-electron chi connectivity index (χ1n) is 9.73. The molecule has 2 heterocycles. The van der Waals surface area contributed by atoms with Gasteiger partial charge in [0.15, 0.2) is 0 Å². The van der Waals surface area contributed by atoms with Crippen molar-refractivity contribution in [3.63, 3.8) is 0 Å². The molecule has 0 fully saturated rings. The summed E-state index contributed by atoms with van der Waals surface area (Å²) < 4.78 is 7.59. The van der Waals surface area contributed by atoms with E-state index in [1.807, 2.05) is 42.5 Å². The van der Waals surface area contributed by atoms with Crippen LogP contribution in [-0.4, -0.2) is 32.4 Å². The zero-order valence-electron chi connectivity index (χ0n) is 17.4. The Morgan fingerprint density at radius 1 is 1.19 bits per heavy atom. The van der Waals surface area contributed by atoms with Gasteiger partial charge in [0.05, 0.1) is 12.2 Å². The molecule has 4 rings (SSSR count). The number of rotatable bonds is 4. The lowest BCUT2D eigenvalue weighted by Crippen LogP contribution is -2.58. The monoisotopic (exact) mass is 483 g/mol. The third-order valence-corrected chi connectivity index (χ3v) is 5.31. The predicted molar refractivity (Wildman–Crippen MR) is 118 cm³/mol. The Bertz CT molecular complexity index is 1110. The van der Waals surface area contributed by atoms with Gasteiger partial charge in [0.25, 0.3) is 5.91 Å². The van der Waals surface area contributed by atoms with Gasteiger partial charge in [-0.3, -0.25) is 10.1 Å². The molecule has 0 spiro atoms. The molecular weight excluding hydrogens is 462 g/mol. The number of ether oxygens (including phenoxy) is 1. The Morgan fingerprint density at radius 3 is 2.58 bits per heavy atom. The highest BCUT2D eigenvalue weighted by Gasteiger charge is 2.55. The number of anilines is 1. The van der Waals surface area contributed by atoms with E-state index in [9.17, 15) is 9.59 Å². The van der Waals surface area contributed by atoms with Crippen LogP contribution in [0, 0.1) is 0 Å². The highest BCUT2D eigenvalue weighted by atomic mass is 79.9. The molecule has 9 heteroatoms. The second-order valence-corrected chi connectivity index (χ2v) is 9.13. The molecule has 1 atom stereocenters. The van der Waals surface area contributed by atoms with Gasteiger partial charge in [-0.2, -0.15) is 5.10 Å². The zero-order valence-corrected chi connectivity index (χ0v) is 19.0. The molecule has 8 nitrogen and oxygen atoms in total. The molecule has 2 amide bonds. The van der Waals surface area contributed by atoms with E-state index in [1.54, 1.807) is 31.7 Å². The number of amides is 2. The number of hydrogen-bond donors (Lipinski definition) is 1. The summed E-state index contributed by atoms with van der Waals surface area (Å²) in [6.07, 6.45) is 2.00. The molecule has 1 aromatic heterocycles. The summed E-state index contributed by atoms with van der Waals surface area (Å²) in [4.78, 5) is 32.4. The summed E-state index contributed by atoms with van der Waals surface area (Å²) in [5.41, 5.74) is -0.176. The summed E-state index contributed by atoms with van der Waals surface area (Å²) in [6.45, 7) is 5.62. The van der Waals surface area contributed by atoms with Crippen molar-refractivity contribution in [3.05, 3.63) is 76.8 Å². The van der Waals surface area contributed by atoms with Crippen molar-refractivity contribution >= 4 is 33.6 Å². The Labute approximate surface area is 188 Å². The lowest BCUT2D eigenvalue weighted by Gasteiger charge is -2.31. The summed E-state index contributed by atoms with van der Waals surface area (Å²) >= 11 is 3.48. The van der Waals surface area contributed by atoms with Crippen molar-refractivity contribution in [2.75, 3.05) is 4.90 Å². The number of alkyl carbamates (subject to hydrolysis) is 1. The van der Waals surface area contributed by atoms with Gasteiger partial charge in [0.1, 0.15) is 18.3 Å². The number of hydrogen-bond acceptors (Lipinski definition) is 5. The van der Waals surface area contributed by atoms with Crippen LogP contribution >= 0.6 is 15.9 Å². The Kier molecular flexibility index (Phi) is 5.30. The van der Waals surface area contributed by atoms with Crippen LogP contribution in [0.25, 0.3) is 0 Å². The molecule has 3 aromatic rings. The average Bonchev–Trinajstić information content (AvgIpc) is 3.30. The molecule has 0 unspecified atom stereocenters. The first kappa shape index (κ1) is 21.0. The molecule has 31 heavy (non-hydrogen) atoms. The van der Waals surface area contributed by atoms with Crippen molar-refractivity contribution in [2.45, 2.75) is 38.6 Å². The molecule has 0 bridgehead atoms. The second kappa shape index (κ2) is 7.81. The molecule has 1 N–H and O–H groups in total. The maximum atomic E-state index is 14.0. The topological polar surface area (TPSA) is 89.3 Å². The number of nitrogens with one attached hydrogen (secondary N) is 1. The van der Waals surface area contributed by atoms with Crippen LogP contribution in [0.4, 0.5) is 10.5 Å². The first-order valence-corrected chi connectivity index (χ1v) is 10.5. The Balaban J connectivity index is 1.85. The van der Waals surface area contributed by atoms with Gasteiger partial charge in [-0.15, -0.1) is 0 Å². The maximum absolute atomic E-state index is 14.0. The van der Waals surface area contributed by atoms with Crippen LogP contribution in [0.3, 0.4) is 0 Å². The van der Waals surface area contributed by atoms with Crippen molar-refractivity contribution in [1.82, 2.24) is 20.1 Å². The smallest absolute Gasteiger partial charge is 0.410 e. The maximum Gasteiger partial charge on any atom is 0.410 e. The molecule has 160 valence electrons. The molecule has 1 aliphatic heterocycles. The van der Waals surface area contributed by atoms with Crippen molar-refractivity contribution < 1.29 is 14.3 Å². The van der Waals surface area contributed by atoms with E-state index >= 15 is 0 Å². The standard InChI is InChI=1S/C22H22BrN5O3/c1-21(2,3)31-20(30)26-22(28-14-24-13-25-28)17-11-16(23)9-10-18(17)27(19(22)29)12-15-7-5-4-6-8-15/h4-11,13-14H,12H2,1-3H3,(H,26,30)/t22-/m1/s1. The fourth-order valence-electron chi connectivity index (χ4n) is 3.61. The van der Waals surface area contributed by atoms with Crippen LogP contribution in [0.15, 0.2) is 65.7 Å². The number of benzene rings is 2. The number of fused-ring (bicyclic) bond motifs is 1. The van der Waals surface area contributed by atoms with Gasteiger partial charge in [-0.1, -0.05) is 46.3 Å². The highest BCUT2D eigenvalue weighted by molar-refractivity contribution is 9.10. The lowest BCUT2D eigenvalue weighted by atomic mass is 10.0. The molecule has 1 aliphatic rings. The van der Waals surface area contributed by atoms with Crippen LogP contribution < -0.4 is 10.2 Å². The second-order valence-electron chi connectivity index (χ2n) is 8.22. The molecule has 0 saturated heterocycles. The normalized spacial score (nSPS) is 18.1. The fourth-order valence-corrected chi connectivity index (χ4v) is 3.97. The van der Waals surface area contributed by atoms with Crippen LogP contribution in [0.5, 0.6) is 0 Å². The summed E-state index contributed by atoms with van der Waals surface area (Å²) in [6, 6.07) is 15.2. The summed E-state index contributed by atoms with van der Waals surface area (Å²) in [5.74, 6) is -0.360. The van der Waals surface area contributed by atoms with Crippen molar-refractivity contribution in [3.8, 4) is 0 Å². The summed E-state index contributed by atoms with van der Waals surface area (Å²) in [7, 11) is 0. The molecule has 0 aliphatic carbocycles. The van der Waals surface area contributed by atoms with Crippen molar-refractivity contribution in [1.29, 1.82) is 0 Å². The van der Waals surface area contributed by atoms with Crippen LogP contribution in [-0.2, 0) is 21.7 Å². The third-order valence-electron chi connectivity index (χ3n) is 4.82. The predicted octanol–water partition coefficient (Wildman–Crippen LogP) is 3.81. The van der Waals surface area contributed by atoms with Crippen LogP contribution in [0.2, 0.25) is 0 Å². The minimum Gasteiger partial charge on any atom is -0.444 e. The van der Waals surface area contributed by atoms with E-state index in [4.69, 9.17) is 4.74 Å². The van der Waals surface area contributed by atoms with Gasteiger partial charge < -0.3 is 9.64 Å². The first-order chi connectivity index (χ1) is 14.7. The molecule has 0 saturated carbocycles. The van der Waals surface area contributed by atoms with E-state index in [2.05, 4.69) is 31.3 Å². The molecule has 0 radical (unpaired) electrons. The SMILES string of the molecule is CC(C)(C)OC(=O)N[C@]1(n2cncn2)C(=O)N(Cc2ccccc2)c2ccc(Br)cc21. The van der Waals surface area contributed by atoms with Gasteiger partial charge in [-0.25, -0.2) is 14.5 Å². The largest absolute Gasteiger partial charge is 0.444 e. The number of carbonyl (C=O) groups excluding carboxylic acids is 2. The van der Waals surface area contributed by atoms with Crippen molar-refractivity contribution in [2.24, 2.45) is 0 Å². The minimum atomic E-state index is -1.63. The fraction of sp³-hybridized carbons (Fsp3) is 0.273. The quantitative estimate of drug-likeness (QED) is 0.609. The van der Waals surface area contributed by atoms with Crippen LogP contribution in [0.1, 0.15) is 31.9 Å². The Morgan fingerprint density at radius 2 is 1.94 bits per heavy atom. The minimum absolute atomic E-state index is 0.334. The number of nitrogens with zero attached hydrogens (tertiary/aromatic N) is 4. The highest BCUT2D eigenvalue weighted by Crippen LogP contribution is 2.43. The van der Waals surface area contributed by atoms with E-state index in [0.29, 0.717) is 17.8 Å². The van der Waals surface area contributed by atoms with Gasteiger partial charge in [0, 0.05) is 10.0 Å². The van der Waals surface area contributed by atoms with Gasteiger partial charge in [-0.05, 0) is 44.5 Å². The van der Waals surface area contributed by atoms with E-state index in [-0.39, 0.29) is 5.91 Å².